The number of benzene rings is 2. The van der Waals surface area contributed by atoms with E-state index in [2.05, 4.69) is 13.8 Å². The Balaban J connectivity index is 2.45. The Labute approximate surface area is 143 Å². The molecule has 0 spiro atoms. The van der Waals surface area contributed by atoms with Crippen molar-refractivity contribution in [3.63, 3.8) is 0 Å². The number of para-hydroxylation sites is 1. The first kappa shape index (κ1) is 18.0. The highest BCUT2D eigenvalue weighted by molar-refractivity contribution is 5.63. The van der Waals surface area contributed by atoms with Crippen molar-refractivity contribution in [1.82, 2.24) is 0 Å². The van der Waals surface area contributed by atoms with Gasteiger partial charge >= 0.3 is 6.16 Å². The SMILES string of the molecule is CC(C)COCC(C)(c1ccccc1)c1ccccc1OC(=O)O. The van der Waals surface area contributed by atoms with E-state index in [9.17, 15) is 4.79 Å². The van der Waals surface area contributed by atoms with E-state index in [0.29, 0.717) is 24.9 Å². The highest BCUT2D eigenvalue weighted by atomic mass is 16.7. The Morgan fingerprint density at radius 2 is 1.71 bits per heavy atom. The summed E-state index contributed by atoms with van der Waals surface area (Å²) in [5, 5.41) is 9.02. The van der Waals surface area contributed by atoms with E-state index in [-0.39, 0.29) is 0 Å². The second-order valence-electron chi connectivity index (χ2n) is 6.47. The molecule has 0 heterocycles. The molecule has 0 saturated heterocycles. The van der Waals surface area contributed by atoms with Crippen LogP contribution in [0.1, 0.15) is 31.9 Å². The van der Waals surface area contributed by atoms with Crippen LogP contribution in [0, 0.1) is 5.92 Å². The van der Waals surface area contributed by atoms with Crippen molar-refractivity contribution in [3.8, 4) is 5.75 Å². The average molecular weight is 328 g/mol. The van der Waals surface area contributed by atoms with Crippen LogP contribution in [0.15, 0.2) is 54.6 Å². The normalized spacial score (nSPS) is 13.5. The van der Waals surface area contributed by atoms with E-state index < -0.39 is 11.6 Å². The quantitative estimate of drug-likeness (QED) is 0.590. The van der Waals surface area contributed by atoms with Crippen LogP contribution in [0.3, 0.4) is 0 Å². The Bertz CT molecular complexity index is 666. The van der Waals surface area contributed by atoms with Gasteiger partial charge in [0.25, 0.3) is 0 Å². The molecule has 1 unspecified atom stereocenters. The third kappa shape index (κ3) is 4.36. The van der Waals surface area contributed by atoms with Gasteiger partial charge in [-0.1, -0.05) is 62.4 Å². The number of carboxylic acid groups (broad SMARTS) is 1. The molecule has 4 heteroatoms. The summed E-state index contributed by atoms with van der Waals surface area (Å²) in [5.41, 5.74) is 1.33. The monoisotopic (exact) mass is 328 g/mol. The minimum absolute atomic E-state index is 0.338. The molecule has 0 fully saturated rings. The summed E-state index contributed by atoms with van der Waals surface area (Å²) in [6, 6.07) is 17.2. The fourth-order valence-corrected chi connectivity index (χ4v) is 2.73. The fraction of sp³-hybridized carbons (Fsp3) is 0.350. The zero-order valence-electron chi connectivity index (χ0n) is 14.4. The molecule has 2 aromatic rings. The van der Waals surface area contributed by atoms with Crippen molar-refractivity contribution in [2.45, 2.75) is 26.2 Å². The zero-order chi connectivity index (χ0) is 17.6. The summed E-state index contributed by atoms with van der Waals surface area (Å²) in [6.07, 6.45) is -1.32. The van der Waals surface area contributed by atoms with Gasteiger partial charge in [-0.2, -0.15) is 0 Å². The van der Waals surface area contributed by atoms with Crippen molar-refractivity contribution in [2.24, 2.45) is 5.92 Å². The molecular weight excluding hydrogens is 304 g/mol. The van der Waals surface area contributed by atoms with Crippen LogP contribution in [0.5, 0.6) is 5.75 Å². The van der Waals surface area contributed by atoms with Gasteiger partial charge in [-0.05, 0) is 24.5 Å². The first-order chi connectivity index (χ1) is 11.4. The third-order valence-corrected chi connectivity index (χ3v) is 3.93. The molecule has 24 heavy (non-hydrogen) atoms. The maximum Gasteiger partial charge on any atom is 0.511 e. The molecule has 1 atom stereocenters. The summed E-state index contributed by atoms with van der Waals surface area (Å²) in [6.45, 7) is 7.33. The molecule has 0 bridgehead atoms. The van der Waals surface area contributed by atoms with E-state index in [0.717, 1.165) is 11.1 Å². The van der Waals surface area contributed by atoms with Crippen LogP contribution in [-0.4, -0.2) is 24.5 Å². The van der Waals surface area contributed by atoms with Gasteiger partial charge in [0.1, 0.15) is 5.75 Å². The molecule has 0 aliphatic heterocycles. The number of carbonyl (C=O) groups is 1. The van der Waals surface area contributed by atoms with E-state index in [4.69, 9.17) is 14.6 Å². The average Bonchev–Trinajstić information content (AvgIpc) is 2.55. The Morgan fingerprint density at radius 3 is 2.33 bits per heavy atom. The highest BCUT2D eigenvalue weighted by Gasteiger charge is 2.32. The van der Waals surface area contributed by atoms with Crippen LogP contribution < -0.4 is 4.74 Å². The lowest BCUT2D eigenvalue weighted by Crippen LogP contribution is -2.31. The first-order valence-electron chi connectivity index (χ1n) is 8.07. The number of hydrogen-bond donors (Lipinski definition) is 1. The summed E-state index contributed by atoms with van der Waals surface area (Å²) >= 11 is 0. The van der Waals surface area contributed by atoms with Gasteiger partial charge in [0.05, 0.1) is 6.61 Å². The van der Waals surface area contributed by atoms with Gasteiger partial charge in [-0.15, -0.1) is 0 Å². The van der Waals surface area contributed by atoms with Gasteiger partial charge < -0.3 is 14.6 Å². The van der Waals surface area contributed by atoms with E-state index >= 15 is 0 Å². The largest absolute Gasteiger partial charge is 0.511 e. The Morgan fingerprint density at radius 1 is 1.08 bits per heavy atom. The maximum atomic E-state index is 11.0. The van der Waals surface area contributed by atoms with Crippen molar-refractivity contribution in [3.05, 3.63) is 65.7 Å². The number of hydrogen-bond acceptors (Lipinski definition) is 3. The standard InChI is InChI=1S/C20H24O4/c1-15(2)13-23-14-20(3,16-9-5-4-6-10-16)17-11-7-8-12-18(17)24-19(21)22/h4-12,15H,13-14H2,1-3H3,(H,21,22). The molecule has 0 radical (unpaired) electrons. The van der Waals surface area contributed by atoms with Crippen molar-refractivity contribution in [2.75, 3.05) is 13.2 Å². The van der Waals surface area contributed by atoms with Crippen LogP contribution in [0.2, 0.25) is 0 Å². The van der Waals surface area contributed by atoms with Gasteiger partial charge in [0.2, 0.25) is 0 Å². The second kappa shape index (κ2) is 7.97. The van der Waals surface area contributed by atoms with E-state index in [1.165, 1.54) is 0 Å². The molecule has 0 aliphatic carbocycles. The van der Waals surface area contributed by atoms with Gasteiger partial charge in [0, 0.05) is 17.6 Å². The molecule has 1 N–H and O–H groups in total. The van der Waals surface area contributed by atoms with E-state index in [1.807, 2.05) is 49.4 Å². The van der Waals surface area contributed by atoms with Crippen molar-refractivity contribution >= 4 is 6.16 Å². The molecule has 2 aromatic carbocycles. The molecule has 128 valence electrons. The minimum Gasteiger partial charge on any atom is -0.449 e. The second-order valence-corrected chi connectivity index (χ2v) is 6.47. The van der Waals surface area contributed by atoms with Crippen molar-refractivity contribution < 1.29 is 19.4 Å². The molecule has 0 saturated carbocycles. The summed E-state index contributed by atoms with van der Waals surface area (Å²) in [5.74, 6) is 0.764. The molecule has 4 nitrogen and oxygen atoms in total. The summed E-state index contributed by atoms with van der Waals surface area (Å²) in [4.78, 5) is 11.0. The number of rotatable bonds is 7. The Kier molecular flexibility index (Phi) is 5.99. The fourth-order valence-electron chi connectivity index (χ4n) is 2.73. The molecule has 0 aromatic heterocycles. The van der Waals surface area contributed by atoms with Gasteiger partial charge in [0.15, 0.2) is 0 Å². The lowest BCUT2D eigenvalue weighted by molar-refractivity contribution is 0.0801. The van der Waals surface area contributed by atoms with Crippen LogP contribution in [0.4, 0.5) is 4.79 Å². The minimum atomic E-state index is -1.32. The number of ether oxygens (including phenoxy) is 2. The maximum absolute atomic E-state index is 11.0. The first-order valence-corrected chi connectivity index (χ1v) is 8.07. The third-order valence-electron chi connectivity index (χ3n) is 3.93. The smallest absolute Gasteiger partial charge is 0.449 e. The van der Waals surface area contributed by atoms with Gasteiger partial charge in [-0.3, -0.25) is 0 Å². The highest BCUT2D eigenvalue weighted by Crippen LogP contribution is 2.38. The Hall–Kier alpha value is -2.33. The predicted molar refractivity (Wildman–Crippen MR) is 93.6 cm³/mol. The van der Waals surface area contributed by atoms with Gasteiger partial charge in [-0.25, -0.2) is 4.79 Å². The van der Waals surface area contributed by atoms with Crippen LogP contribution in [0.25, 0.3) is 0 Å². The molecule has 2 rings (SSSR count). The summed E-state index contributed by atoms with van der Waals surface area (Å²) in [7, 11) is 0. The lowest BCUT2D eigenvalue weighted by atomic mass is 9.76. The van der Waals surface area contributed by atoms with Crippen LogP contribution >= 0.6 is 0 Å². The lowest BCUT2D eigenvalue weighted by Gasteiger charge is -2.32. The molecular formula is C20H24O4. The topological polar surface area (TPSA) is 55.8 Å². The molecule has 0 amide bonds. The van der Waals surface area contributed by atoms with E-state index in [1.54, 1.807) is 12.1 Å². The van der Waals surface area contributed by atoms with Crippen LogP contribution in [-0.2, 0) is 10.2 Å². The predicted octanol–water partition coefficient (Wildman–Crippen LogP) is 4.72. The summed E-state index contributed by atoms with van der Waals surface area (Å²) < 4.78 is 10.9. The molecule has 0 aliphatic rings. The zero-order valence-corrected chi connectivity index (χ0v) is 14.4. The van der Waals surface area contributed by atoms with Crippen molar-refractivity contribution in [1.29, 1.82) is 0 Å².